The molecule has 1 spiro atoms. The number of benzene rings is 9. The topological polar surface area (TPSA) is 9.86 Å². The number of hydrogen-bond donors (Lipinski definition) is 0. The molecule has 0 saturated heterocycles. The van der Waals surface area contributed by atoms with Crippen LogP contribution in [0.2, 0.25) is 0 Å². The van der Waals surface area contributed by atoms with Crippen molar-refractivity contribution in [1.29, 1.82) is 0 Å². The Kier molecular flexibility index (Phi) is 5.59. The van der Waals surface area contributed by atoms with Crippen LogP contribution in [0.3, 0.4) is 0 Å². The van der Waals surface area contributed by atoms with Gasteiger partial charge in [0.25, 0.3) is 0 Å². The van der Waals surface area contributed by atoms with Crippen molar-refractivity contribution in [2.75, 3.05) is 0 Å². The van der Waals surface area contributed by atoms with Gasteiger partial charge in [-0.25, -0.2) is 0 Å². The standard InChI is InChI=1S/C53H32N2/c1-2-22-41-40(21-1)51(55-49-27-13-7-19-38(49)39-20-8-14-28-50(39)55)32-46-52(41)42-30-29-33(54-47-25-11-5-17-36(47)37-18-6-12-26-48(37)54)31-45(42)53(46)43-23-9-3-15-34(43)35-16-4-10-24-44(35)53/h1-32H. The van der Waals surface area contributed by atoms with Gasteiger partial charge in [0.05, 0.1) is 33.2 Å². The van der Waals surface area contributed by atoms with Crippen molar-refractivity contribution in [3.8, 4) is 33.6 Å². The molecule has 2 aliphatic carbocycles. The molecular weight excluding hydrogens is 665 g/mol. The van der Waals surface area contributed by atoms with Gasteiger partial charge in [-0.3, -0.25) is 0 Å². The van der Waals surface area contributed by atoms with E-state index in [0.29, 0.717) is 0 Å². The van der Waals surface area contributed by atoms with E-state index in [2.05, 4.69) is 203 Å². The van der Waals surface area contributed by atoms with E-state index >= 15 is 0 Å². The molecular formula is C53H32N2. The van der Waals surface area contributed by atoms with Crippen LogP contribution < -0.4 is 0 Å². The Balaban J connectivity index is 1.21. The number of aromatic nitrogens is 2. The van der Waals surface area contributed by atoms with Gasteiger partial charge in [-0.15, -0.1) is 0 Å². The molecule has 0 amide bonds. The van der Waals surface area contributed by atoms with Gasteiger partial charge in [-0.2, -0.15) is 0 Å². The van der Waals surface area contributed by atoms with Gasteiger partial charge in [-0.05, 0) is 92.4 Å². The molecule has 0 radical (unpaired) electrons. The Morgan fingerprint density at radius 1 is 0.291 bits per heavy atom. The summed E-state index contributed by atoms with van der Waals surface area (Å²) in [6.07, 6.45) is 0. The first kappa shape index (κ1) is 29.3. The molecule has 0 fully saturated rings. The predicted octanol–water partition coefficient (Wildman–Crippen LogP) is 13.4. The Hall–Kier alpha value is -7.16. The van der Waals surface area contributed by atoms with Crippen molar-refractivity contribution in [2.45, 2.75) is 5.41 Å². The minimum atomic E-state index is -0.524. The van der Waals surface area contributed by atoms with Crippen molar-refractivity contribution in [3.63, 3.8) is 0 Å². The maximum absolute atomic E-state index is 2.55. The molecule has 0 saturated carbocycles. The summed E-state index contributed by atoms with van der Waals surface area (Å²) >= 11 is 0. The molecule has 9 aromatic carbocycles. The Morgan fingerprint density at radius 3 is 1.27 bits per heavy atom. The van der Waals surface area contributed by atoms with E-state index in [-0.39, 0.29) is 0 Å². The van der Waals surface area contributed by atoms with Crippen LogP contribution in [0.5, 0.6) is 0 Å². The van der Waals surface area contributed by atoms with Crippen LogP contribution in [-0.2, 0) is 5.41 Å². The highest BCUT2D eigenvalue weighted by Crippen LogP contribution is 2.64. The lowest BCUT2D eigenvalue weighted by atomic mass is 9.70. The average molecular weight is 697 g/mol. The van der Waals surface area contributed by atoms with Crippen LogP contribution in [0.25, 0.3) is 88.0 Å². The SMILES string of the molecule is c1ccc2c(c1)-c1ccccc1C21c2cc(-n3c4ccccc4c4ccccc43)ccc2-c2c1cc(-n1c3ccccc3c3ccccc31)c1ccccc21. The summed E-state index contributed by atoms with van der Waals surface area (Å²) < 4.78 is 4.98. The minimum absolute atomic E-state index is 0.524. The van der Waals surface area contributed by atoms with E-state index in [1.54, 1.807) is 0 Å². The maximum Gasteiger partial charge on any atom is 0.0727 e. The fourth-order valence-electron chi connectivity index (χ4n) is 10.7. The van der Waals surface area contributed by atoms with Gasteiger partial charge in [-0.1, -0.05) is 152 Å². The molecule has 0 unspecified atom stereocenters. The zero-order chi connectivity index (χ0) is 35.8. The van der Waals surface area contributed by atoms with Crippen molar-refractivity contribution < 1.29 is 0 Å². The van der Waals surface area contributed by atoms with E-state index in [9.17, 15) is 0 Å². The molecule has 0 N–H and O–H groups in total. The van der Waals surface area contributed by atoms with Gasteiger partial charge < -0.3 is 9.13 Å². The molecule has 55 heavy (non-hydrogen) atoms. The van der Waals surface area contributed by atoms with Gasteiger partial charge in [0.15, 0.2) is 0 Å². The predicted molar refractivity (Wildman–Crippen MR) is 229 cm³/mol. The largest absolute Gasteiger partial charge is 0.309 e. The van der Waals surface area contributed by atoms with Crippen LogP contribution in [0.4, 0.5) is 0 Å². The van der Waals surface area contributed by atoms with Gasteiger partial charge in [0.2, 0.25) is 0 Å². The summed E-state index contributed by atoms with van der Waals surface area (Å²) in [5.74, 6) is 0. The third kappa shape index (κ3) is 3.55. The molecule has 0 aliphatic heterocycles. The van der Waals surface area contributed by atoms with Crippen LogP contribution in [0.15, 0.2) is 194 Å². The normalized spacial score (nSPS) is 13.6. The van der Waals surface area contributed by atoms with E-state index in [0.717, 1.165) is 0 Å². The van der Waals surface area contributed by atoms with Crippen molar-refractivity contribution >= 4 is 54.4 Å². The lowest BCUT2D eigenvalue weighted by molar-refractivity contribution is 0.792. The molecule has 2 heterocycles. The first-order valence-corrected chi connectivity index (χ1v) is 19.2. The summed E-state index contributed by atoms with van der Waals surface area (Å²) in [5, 5.41) is 7.62. The Bertz CT molecular complexity index is 3290. The third-order valence-corrected chi connectivity index (χ3v) is 12.7. The number of nitrogens with zero attached hydrogens (tertiary/aromatic N) is 2. The van der Waals surface area contributed by atoms with Crippen molar-refractivity contribution in [1.82, 2.24) is 9.13 Å². The highest BCUT2D eigenvalue weighted by atomic mass is 15.0. The molecule has 2 heteroatoms. The van der Waals surface area contributed by atoms with E-state index in [1.165, 1.54) is 110 Å². The van der Waals surface area contributed by atoms with Crippen molar-refractivity contribution in [3.05, 3.63) is 216 Å². The first-order valence-electron chi connectivity index (χ1n) is 19.2. The lowest BCUT2D eigenvalue weighted by Crippen LogP contribution is -2.26. The number of rotatable bonds is 2. The van der Waals surface area contributed by atoms with E-state index < -0.39 is 5.41 Å². The second-order valence-corrected chi connectivity index (χ2v) is 15.2. The lowest BCUT2D eigenvalue weighted by Gasteiger charge is -2.31. The average Bonchev–Trinajstić information content (AvgIpc) is 3.95. The van der Waals surface area contributed by atoms with E-state index in [1.807, 2.05) is 0 Å². The Labute approximate surface area is 317 Å². The van der Waals surface area contributed by atoms with Gasteiger partial charge in [0.1, 0.15) is 0 Å². The van der Waals surface area contributed by atoms with Crippen LogP contribution in [0.1, 0.15) is 22.3 Å². The second-order valence-electron chi connectivity index (χ2n) is 15.2. The van der Waals surface area contributed by atoms with E-state index in [4.69, 9.17) is 0 Å². The highest BCUT2D eigenvalue weighted by Gasteiger charge is 2.52. The molecule has 13 rings (SSSR count). The summed E-state index contributed by atoms with van der Waals surface area (Å²) in [6.45, 7) is 0. The molecule has 254 valence electrons. The molecule has 2 nitrogen and oxygen atoms in total. The zero-order valence-electron chi connectivity index (χ0n) is 29.9. The second kappa shape index (κ2) is 10.5. The molecule has 0 atom stereocenters. The van der Waals surface area contributed by atoms with Gasteiger partial charge in [0, 0.05) is 32.6 Å². The number of hydrogen-bond acceptors (Lipinski definition) is 0. The highest BCUT2D eigenvalue weighted by molar-refractivity contribution is 6.14. The zero-order valence-corrected chi connectivity index (χ0v) is 29.9. The molecule has 11 aromatic rings. The van der Waals surface area contributed by atoms with Crippen LogP contribution in [-0.4, -0.2) is 9.13 Å². The fourth-order valence-corrected chi connectivity index (χ4v) is 10.7. The quantitative estimate of drug-likeness (QED) is 0.170. The number of fused-ring (bicyclic) bond motifs is 18. The molecule has 2 aliphatic rings. The van der Waals surface area contributed by atoms with Crippen LogP contribution in [0, 0.1) is 0 Å². The molecule has 2 aromatic heterocycles. The third-order valence-electron chi connectivity index (χ3n) is 12.7. The summed E-state index contributed by atoms with van der Waals surface area (Å²) in [5.41, 5.74) is 17.4. The first-order chi connectivity index (χ1) is 27.3. The summed E-state index contributed by atoms with van der Waals surface area (Å²) in [4.78, 5) is 0. The smallest absolute Gasteiger partial charge is 0.0727 e. The van der Waals surface area contributed by atoms with Gasteiger partial charge >= 0.3 is 0 Å². The monoisotopic (exact) mass is 696 g/mol. The number of para-hydroxylation sites is 4. The molecule has 0 bridgehead atoms. The summed E-state index contributed by atoms with van der Waals surface area (Å²) in [6, 6.07) is 72.6. The Morgan fingerprint density at radius 2 is 0.727 bits per heavy atom. The fraction of sp³-hybridized carbons (Fsp3) is 0.0189. The van der Waals surface area contributed by atoms with Crippen LogP contribution >= 0.6 is 0 Å². The minimum Gasteiger partial charge on any atom is -0.309 e. The maximum atomic E-state index is 2.55. The summed E-state index contributed by atoms with van der Waals surface area (Å²) in [7, 11) is 0. The van der Waals surface area contributed by atoms with Crippen molar-refractivity contribution in [2.24, 2.45) is 0 Å².